The molecule has 2 nitrogen and oxygen atoms in total. The summed E-state index contributed by atoms with van der Waals surface area (Å²) in [6.45, 7) is 9.56. The third-order valence-corrected chi connectivity index (χ3v) is 5.14. The van der Waals surface area contributed by atoms with Gasteiger partial charge in [-0.1, -0.05) is 38.4 Å². The Morgan fingerprint density at radius 1 is 1.37 bits per heavy atom. The first-order valence-corrected chi connectivity index (χ1v) is 7.72. The maximum Gasteiger partial charge on any atom is 0.0551 e. The fraction of sp³-hybridized carbons (Fsp3) is 0.600. The molecule has 0 fully saturated rings. The van der Waals surface area contributed by atoms with Crippen molar-refractivity contribution >= 4 is 27.5 Å². The SMILES string of the molecule is CC(N(C)C(CN)c1ccc(Br)c(Cl)c1)C(C)(C)C. The summed E-state index contributed by atoms with van der Waals surface area (Å²) in [5.41, 5.74) is 7.35. The first kappa shape index (κ1) is 17.0. The van der Waals surface area contributed by atoms with E-state index in [1.54, 1.807) is 0 Å². The van der Waals surface area contributed by atoms with Crippen molar-refractivity contribution in [1.29, 1.82) is 0 Å². The maximum absolute atomic E-state index is 6.18. The lowest BCUT2D eigenvalue weighted by Crippen LogP contribution is -2.43. The third-order valence-electron chi connectivity index (χ3n) is 3.91. The second-order valence-corrected chi connectivity index (χ2v) is 7.39. The number of benzene rings is 1. The lowest BCUT2D eigenvalue weighted by molar-refractivity contribution is 0.100. The Bertz CT molecular complexity index is 429. The number of halogens is 2. The number of hydrogen-bond acceptors (Lipinski definition) is 2. The van der Waals surface area contributed by atoms with Gasteiger partial charge in [-0.05, 0) is 53.0 Å². The van der Waals surface area contributed by atoms with E-state index >= 15 is 0 Å². The molecule has 19 heavy (non-hydrogen) atoms. The van der Waals surface area contributed by atoms with Crippen molar-refractivity contribution in [3.05, 3.63) is 33.3 Å². The van der Waals surface area contributed by atoms with Crippen molar-refractivity contribution in [3.63, 3.8) is 0 Å². The van der Waals surface area contributed by atoms with E-state index in [1.165, 1.54) is 0 Å². The van der Waals surface area contributed by atoms with E-state index in [2.05, 4.69) is 61.6 Å². The molecule has 0 amide bonds. The standard InChI is InChI=1S/C15H24BrClN2/c1-10(15(2,3)4)19(5)14(9-18)11-6-7-12(16)13(17)8-11/h6-8,10,14H,9,18H2,1-5H3. The lowest BCUT2D eigenvalue weighted by Gasteiger charge is -2.40. The summed E-state index contributed by atoms with van der Waals surface area (Å²) in [6.07, 6.45) is 0. The summed E-state index contributed by atoms with van der Waals surface area (Å²) < 4.78 is 0.917. The van der Waals surface area contributed by atoms with E-state index in [1.807, 2.05) is 12.1 Å². The number of likely N-dealkylation sites (N-methyl/N-ethyl adjacent to an activating group) is 1. The van der Waals surface area contributed by atoms with Gasteiger partial charge in [-0.3, -0.25) is 4.90 Å². The summed E-state index contributed by atoms with van der Waals surface area (Å²) >= 11 is 9.60. The van der Waals surface area contributed by atoms with Crippen molar-refractivity contribution in [2.45, 2.75) is 39.8 Å². The van der Waals surface area contributed by atoms with Crippen LogP contribution in [-0.2, 0) is 0 Å². The minimum atomic E-state index is 0.180. The normalized spacial score (nSPS) is 15.6. The molecule has 1 aromatic rings. The van der Waals surface area contributed by atoms with Crippen LogP contribution in [0.25, 0.3) is 0 Å². The lowest BCUT2D eigenvalue weighted by atomic mass is 9.86. The smallest absolute Gasteiger partial charge is 0.0551 e. The van der Waals surface area contributed by atoms with Gasteiger partial charge in [0.1, 0.15) is 0 Å². The highest BCUT2D eigenvalue weighted by atomic mass is 79.9. The molecule has 0 aromatic heterocycles. The summed E-state index contributed by atoms with van der Waals surface area (Å²) in [4.78, 5) is 2.33. The van der Waals surface area contributed by atoms with Gasteiger partial charge >= 0.3 is 0 Å². The Kier molecular flexibility index (Phi) is 5.87. The Balaban J connectivity index is 3.03. The van der Waals surface area contributed by atoms with Crippen molar-refractivity contribution in [1.82, 2.24) is 4.90 Å². The van der Waals surface area contributed by atoms with Crippen molar-refractivity contribution < 1.29 is 0 Å². The molecular weight excluding hydrogens is 324 g/mol. The van der Waals surface area contributed by atoms with E-state index in [9.17, 15) is 0 Å². The van der Waals surface area contributed by atoms with E-state index in [0.717, 1.165) is 15.1 Å². The van der Waals surface area contributed by atoms with E-state index in [-0.39, 0.29) is 11.5 Å². The zero-order valence-corrected chi connectivity index (χ0v) is 14.7. The molecule has 108 valence electrons. The molecule has 1 rings (SSSR count). The Labute approximate surface area is 130 Å². The Morgan fingerprint density at radius 3 is 2.37 bits per heavy atom. The topological polar surface area (TPSA) is 29.3 Å². The molecule has 2 unspecified atom stereocenters. The second-order valence-electron chi connectivity index (χ2n) is 6.13. The van der Waals surface area contributed by atoms with Crippen molar-refractivity contribution in [2.75, 3.05) is 13.6 Å². The second kappa shape index (κ2) is 6.57. The summed E-state index contributed by atoms with van der Waals surface area (Å²) in [5, 5.41) is 0.729. The van der Waals surface area contributed by atoms with Crippen LogP contribution in [0.3, 0.4) is 0 Å². The highest BCUT2D eigenvalue weighted by Crippen LogP contribution is 2.32. The van der Waals surface area contributed by atoms with Crippen LogP contribution in [0.15, 0.2) is 22.7 Å². The molecule has 0 aliphatic heterocycles. The Hall–Kier alpha value is -0.0900. The van der Waals surface area contributed by atoms with Crippen LogP contribution in [0, 0.1) is 5.41 Å². The first-order chi connectivity index (χ1) is 8.68. The number of nitrogens with two attached hydrogens (primary N) is 1. The highest BCUT2D eigenvalue weighted by molar-refractivity contribution is 9.10. The van der Waals surface area contributed by atoms with E-state index in [4.69, 9.17) is 17.3 Å². The van der Waals surface area contributed by atoms with Gasteiger partial charge in [0.05, 0.1) is 5.02 Å². The summed E-state index contributed by atoms with van der Waals surface area (Å²) in [7, 11) is 2.13. The molecule has 0 saturated heterocycles. The van der Waals surface area contributed by atoms with Crippen LogP contribution in [0.4, 0.5) is 0 Å². The van der Waals surface area contributed by atoms with E-state index < -0.39 is 0 Å². The molecule has 0 heterocycles. The molecule has 2 N–H and O–H groups in total. The van der Waals surface area contributed by atoms with Crippen LogP contribution in [0.2, 0.25) is 5.02 Å². The molecule has 1 aromatic carbocycles. The highest BCUT2D eigenvalue weighted by Gasteiger charge is 2.28. The van der Waals surface area contributed by atoms with Crippen molar-refractivity contribution in [3.8, 4) is 0 Å². The van der Waals surface area contributed by atoms with Gasteiger partial charge in [0.2, 0.25) is 0 Å². The largest absolute Gasteiger partial charge is 0.329 e. The molecule has 2 atom stereocenters. The predicted octanol–water partition coefficient (Wildman–Crippen LogP) is 4.47. The number of hydrogen-bond donors (Lipinski definition) is 1. The molecule has 4 heteroatoms. The zero-order chi connectivity index (χ0) is 14.8. The Morgan fingerprint density at radius 2 is 1.95 bits per heavy atom. The monoisotopic (exact) mass is 346 g/mol. The van der Waals surface area contributed by atoms with Gasteiger partial charge in [0.25, 0.3) is 0 Å². The fourth-order valence-electron chi connectivity index (χ4n) is 2.14. The van der Waals surface area contributed by atoms with E-state index in [0.29, 0.717) is 12.6 Å². The minimum absolute atomic E-state index is 0.180. The van der Waals surface area contributed by atoms with Crippen LogP contribution in [0.5, 0.6) is 0 Å². The van der Waals surface area contributed by atoms with Gasteiger partial charge < -0.3 is 5.73 Å². The first-order valence-electron chi connectivity index (χ1n) is 6.55. The quantitative estimate of drug-likeness (QED) is 0.870. The average Bonchev–Trinajstić information content (AvgIpc) is 2.32. The summed E-state index contributed by atoms with van der Waals surface area (Å²) in [6, 6.07) is 6.66. The molecular formula is C15H24BrClN2. The van der Waals surface area contributed by atoms with Gasteiger partial charge in [0, 0.05) is 23.1 Å². The molecule has 0 radical (unpaired) electrons. The van der Waals surface area contributed by atoms with Crippen LogP contribution < -0.4 is 5.73 Å². The molecule has 0 aliphatic rings. The summed E-state index contributed by atoms with van der Waals surface area (Å²) in [5.74, 6) is 0. The molecule has 0 spiro atoms. The molecule has 0 aliphatic carbocycles. The predicted molar refractivity (Wildman–Crippen MR) is 87.6 cm³/mol. The number of rotatable bonds is 4. The van der Waals surface area contributed by atoms with Gasteiger partial charge in [-0.2, -0.15) is 0 Å². The van der Waals surface area contributed by atoms with Gasteiger partial charge in [-0.25, -0.2) is 0 Å². The van der Waals surface area contributed by atoms with Gasteiger partial charge in [-0.15, -0.1) is 0 Å². The number of nitrogens with zero attached hydrogens (tertiary/aromatic N) is 1. The zero-order valence-electron chi connectivity index (χ0n) is 12.4. The van der Waals surface area contributed by atoms with Crippen molar-refractivity contribution in [2.24, 2.45) is 11.1 Å². The van der Waals surface area contributed by atoms with Crippen LogP contribution in [-0.4, -0.2) is 24.5 Å². The average molecular weight is 348 g/mol. The van der Waals surface area contributed by atoms with Crippen LogP contribution >= 0.6 is 27.5 Å². The van der Waals surface area contributed by atoms with Crippen LogP contribution in [0.1, 0.15) is 39.3 Å². The van der Waals surface area contributed by atoms with Gasteiger partial charge in [0.15, 0.2) is 0 Å². The molecule has 0 saturated carbocycles. The maximum atomic E-state index is 6.18. The fourth-order valence-corrected chi connectivity index (χ4v) is 2.57. The minimum Gasteiger partial charge on any atom is -0.329 e. The molecule has 0 bridgehead atoms. The third kappa shape index (κ3) is 4.19.